The fourth-order valence-corrected chi connectivity index (χ4v) is 3.94. The molecule has 0 unspecified atom stereocenters. The van der Waals surface area contributed by atoms with Crippen molar-refractivity contribution in [2.75, 3.05) is 20.2 Å². The van der Waals surface area contributed by atoms with Crippen LogP contribution in [0.5, 0.6) is 5.75 Å². The second-order valence-corrected chi connectivity index (χ2v) is 8.25. The van der Waals surface area contributed by atoms with Crippen LogP contribution in [0.2, 0.25) is 0 Å². The largest absolute Gasteiger partial charge is 0.497 e. The van der Waals surface area contributed by atoms with E-state index in [2.05, 4.69) is 15.3 Å². The summed E-state index contributed by atoms with van der Waals surface area (Å²) in [5, 5.41) is 3.11. The Bertz CT molecular complexity index is 1140. The van der Waals surface area contributed by atoms with Crippen molar-refractivity contribution in [2.24, 2.45) is 0 Å². The molecule has 1 aromatic heterocycles. The highest BCUT2D eigenvalue weighted by Crippen LogP contribution is 2.17. The van der Waals surface area contributed by atoms with Crippen LogP contribution in [-0.2, 0) is 11.2 Å². The van der Waals surface area contributed by atoms with Gasteiger partial charge in [0.05, 0.1) is 36.0 Å². The van der Waals surface area contributed by atoms with Crippen molar-refractivity contribution in [3.63, 3.8) is 0 Å². The molecule has 2 aromatic carbocycles. The highest BCUT2D eigenvalue weighted by molar-refractivity contribution is 5.97. The number of carbonyl (C=O) groups excluding carboxylic acids is 2. The molecule has 7 heteroatoms. The summed E-state index contributed by atoms with van der Waals surface area (Å²) in [6.45, 7) is 5.12. The van der Waals surface area contributed by atoms with Gasteiger partial charge in [-0.15, -0.1) is 0 Å². The quantitative estimate of drug-likeness (QED) is 0.669. The van der Waals surface area contributed by atoms with E-state index in [9.17, 15) is 9.59 Å². The van der Waals surface area contributed by atoms with Crippen molar-refractivity contribution in [2.45, 2.75) is 39.2 Å². The number of fused-ring (bicyclic) bond motifs is 1. The average molecular weight is 433 g/mol. The van der Waals surface area contributed by atoms with Crippen molar-refractivity contribution in [1.82, 2.24) is 20.2 Å². The summed E-state index contributed by atoms with van der Waals surface area (Å²) >= 11 is 0. The van der Waals surface area contributed by atoms with E-state index in [1.807, 2.05) is 49.1 Å². The summed E-state index contributed by atoms with van der Waals surface area (Å²) in [4.78, 5) is 36.4. The zero-order chi connectivity index (χ0) is 22.7. The monoisotopic (exact) mass is 432 g/mol. The van der Waals surface area contributed by atoms with Crippen LogP contribution >= 0.6 is 0 Å². The molecule has 1 aliphatic rings. The topological polar surface area (TPSA) is 84.4 Å². The molecule has 0 aliphatic carbocycles. The lowest BCUT2D eigenvalue weighted by Crippen LogP contribution is -2.47. The lowest BCUT2D eigenvalue weighted by atomic mass is 10.0. The van der Waals surface area contributed by atoms with Crippen molar-refractivity contribution in [3.8, 4) is 5.75 Å². The van der Waals surface area contributed by atoms with Gasteiger partial charge in [0.25, 0.3) is 5.91 Å². The number of amides is 2. The van der Waals surface area contributed by atoms with Crippen molar-refractivity contribution >= 4 is 22.8 Å². The van der Waals surface area contributed by atoms with E-state index in [1.165, 1.54) is 0 Å². The van der Waals surface area contributed by atoms with Gasteiger partial charge >= 0.3 is 0 Å². The van der Waals surface area contributed by atoms with Crippen molar-refractivity contribution < 1.29 is 14.3 Å². The number of likely N-dealkylation sites (tertiary alicyclic amines) is 1. The minimum atomic E-state index is -0.116. The van der Waals surface area contributed by atoms with E-state index in [1.54, 1.807) is 19.2 Å². The molecule has 4 rings (SSSR count). The Morgan fingerprint density at radius 3 is 2.31 bits per heavy atom. The van der Waals surface area contributed by atoms with Crippen LogP contribution in [0.3, 0.4) is 0 Å². The number of aryl methyl sites for hydroxylation is 2. The maximum absolute atomic E-state index is 12.8. The molecule has 0 radical (unpaired) electrons. The first kappa shape index (κ1) is 21.7. The summed E-state index contributed by atoms with van der Waals surface area (Å²) in [7, 11) is 1.62. The van der Waals surface area contributed by atoms with Crippen molar-refractivity contribution in [3.05, 3.63) is 65.0 Å². The van der Waals surface area contributed by atoms with Crippen LogP contribution in [-0.4, -0.2) is 52.9 Å². The Morgan fingerprint density at radius 1 is 1.00 bits per heavy atom. The number of ether oxygens (including phenoxy) is 1. The molecule has 1 fully saturated rings. The number of methoxy groups -OCH3 is 1. The van der Waals surface area contributed by atoms with Gasteiger partial charge in [0.15, 0.2) is 0 Å². The third-order valence-corrected chi connectivity index (χ3v) is 6.03. The third kappa shape index (κ3) is 4.88. The fourth-order valence-electron chi connectivity index (χ4n) is 3.94. The number of carbonyl (C=O) groups is 2. The second-order valence-electron chi connectivity index (χ2n) is 8.25. The van der Waals surface area contributed by atoms with Gasteiger partial charge in [-0.05, 0) is 62.6 Å². The van der Waals surface area contributed by atoms with Gasteiger partial charge in [-0.2, -0.15) is 0 Å². The zero-order valence-corrected chi connectivity index (χ0v) is 18.7. The van der Waals surface area contributed by atoms with E-state index in [0.717, 1.165) is 46.6 Å². The SMILES string of the molecule is COc1ccc(CC(=O)N2CCC(NC(=O)c3ccc4nc(C)c(C)nc4c3)CC2)cc1. The number of rotatable bonds is 5. The standard InChI is InChI=1S/C25H28N4O3/c1-16-17(2)27-23-15-19(6-9-22(23)26-16)25(31)28-20-10-12-29(13-11-20)24(30)14-18-4-7-21(32-3)8-5-18/h4-9,15,20H,10-14H2,1-3H3,(H,28,31). The van der Waals surface area contributed by atoms with Gasteiger partial charge < -0.3 is 15.0 Å². The molecule has 166 valence electrons. The predicted octanol–water partition coefficient (Wildman–Crippen LogP) is 3.22. The highest BCUT2D eigenvalue weighted by atomic mass is 16.5. The number of aromatic nitrogens is 2. The van der Waals surface area contributed by atoms with Gasteiger partial charge in [0, 0.05) is 24.7 Å². The van der Waals surface area contributed by atoms with Gasteiger partial charge in [-0.1, -0.05) is 12.1 Å². The van der Waals surface area contributed by atoms with E-state index >= 15 is 0 Å². The Labute approximate surface area is 187 Å². The Kier molecular flexibility index (Phi) is 6.35. The van der Waals surface area contributed by atoms with Crippen LogP contribution in [0, 0.1) is 13.8 Å². The van der Waals surface area contributed by atoms with Gasteiger partial charge in [-0.3, -0.25) is 9.59 Å². The number of nitrogens with zero attached hydrogens (tertiary/aromatic N) is 3. The molecule has 1 saturated heterocycles. The molecule has 2 heterocycles. The molecule has 2 amide bonds. The van der Waals surface area contributed by atoms with Gasteiger partial charge in [0.2, 0.25) is 5.91 Å². The summed E-state index contributed by atoms with van der Waals surface area (Å²) < 4.78 is 5.16. The summed E-state index contributed by atoms with van der Waals surface area (Å²) in [6.07, 6.45) is 1.86. The number of piperidine rings is 1. The minimum absolute atomic E-state index is 0.0501. The summed E-state index contributed by atoms with van der Waals surface area (Å²) in [6, 6.07) is 13.0. The highest BCUT2D eigenvalue weighted by Gasteiger charge is 2.24. The van der Waals surface area contributed by atoms with Crippen LogP contribution in [0.25, 0.3) is 11.0 Å². The molecule has 0 spiro atoms. The lowest BCUT2D eigenvalue weighted by molar-refractivity contribution is -0.131. The minimum Gasteiger partial charge on any atom is -0.497 e. The molecule has 32 heavy (non-hydrogen) atoms. The predicted molar refractivity (Wildman–Crippen MR) is 123 cm³/mol. The Hall–Kier alpha value is -3.48. The van der Waals surface area contributed by atoms with Crippen molar-refractivity contribution in [1.29, 1.82) is 0 Å². The maximum Gasteiger partial charge on any atom is 0.251 e. The summed E-state index contributed by atoms with van der Waals surface area (Å²) in [5.41, 5.74) is 4.81. The number of nitrogens with one attached hydrogen (secondary N) is 1. The molecule has 0 bridgehead atoms. The fraction of sp³-hybridized carbons (Fsp3) is 0.360. The smallest absolute Gasteiger partial charge is 0.251 e. The summed E-state index contributed by atoms with van der Waals surface area (Å²) in [5.74, 6) is 0.773. The van der Waals surface area contributed by atoms with E-state index in [-0.39, 0.29) is 17.9 Å². The third-order valence-electron chi connectivity index (χ3n) is 6.03. The normalized spacial score (nSPS) is 14.4. The lowest BCUT2D eigenvalue weighted by Gasteiger charge is -2.32. The van der Waals surface area contributed by atoms with Gasteiger partial charge in [-0.25, -0.2) is 9.97 Å². The first-order chi connectivity index (χ1) is 15.4. The molecule has 3 aromatic rings. The van der Waals surface area contributed by atoms with Gasteiger partial charge in [0.1, 0.15) is 5.75 Å². The molecule has 0 atom stereocenters. The van der Waals surface area contributed by atoms with E-state index in [4.69, 9.17) is 4.74 Å². The molecule has 7 nitrogen and oxygen atoms in total. The maximum atomic E-state index is 12.8. The molecular weight excluding hydrogens is 404 g/mol. The van der Waals surface area contributed by atoms with Crippen LogP contribution < -0.4 is 10.1 Å². The molecular formula is C25H28N4O3. The Morgan fingerprint density at radius 2 is 1.66 bits per heavy atom. The van der Waals surface area contributed by atoms with Crippen LogP contribution in [0.15, 0.2) is 42.5 Å². The number of hydrogen-bond acceptors (Lipinski definition) is 5. The average Bonchev–Trinajstić information content (AvgIpc) is 2.80. The number of hydrogen-bond donors (Lipinski definition) is 1. The second kappa shape index (κ2) is 9.34. The van der Waals surface area contributed by atoms with Crippen LogP contribution in [0.4, 0.5) is 0 Å². The van der Waals surface area contributed by atoms with E-state index in [0.29, 0.717) is 25.1 Å². The Balaban J connectivity index is 1.31. The molecule has 1 N–H and O–H groups in total. The zero-order valence-electron chi connectivity index (χ0n) is 18.7. The van der Waals surface area contributed by atoms with Crippen LogP contribution in [0.1, 0.15) is 40.2 Å². The molecule has 1 aliphatic heterocycles. The first-order valence-electron chi connectivity index (χ1n) is 10.9. The molecule has 0 saturated carbocycles. The first-order valence-corrected chi connectivity index (χ1v) is 10.9. The number of benzene rings is 2. The van der Waals surface area contributed by atoms with E-state index < -0.39 is 0 Å².